The molecule has 0 N–H and O–H groups in total. The number of imidazole rings is 1. The molecule has 0 amide bonds. The molecule has 8 heteroatoms. The molecule has 0 aliphatic rings. The second-order valence-corrected chi connectivity index (χ2v) is 5.45. The van der Waals surface area contributed by atoms with E-state index in [9.17, 15) is 23.2 Å². The van der Waals surface area contributed by atoms with Crippen LogP contribution in [0.1, 0.15) is 27.5 Å². The van der Waals surface area contributed by atoms with E-state index < -0.39 is 23.4 Å². The molecule has 0 radical (unpaired) electrons. The number of carbonyl (C=O) groups excluding carboxylic acids is 1. The van der Waals surface area contributed by atoms with Gasteiger partial charge in [-0.25, -0.2) is 4.98 Å². The Morgan fingerprint density at radius 2 is 2.00 bits per heavy atom. The van der Waals surface area contributed by atoms with Crippen molar-refractivity contribution in [2.45, 2.75) is 12.1 Å². The van der Waals surface area contributed by atoms with E-state index >= 15 is 0 Å². The second kappa shape index (κ2) is 6.02. The van der Waals surface area contributed by atoms with Crippen molar-refractivity contribution in [3.63, 3.8) is 0 Å². The molecular weight excluding hydrogens is 333 g/mol. The average molecular weight is 344 g/mol. The number of carbonyl (C=O) groups is 1. The number of fused-ring (bicyclic) bond motifs is 1. The Kier molecular flexibility index (Phi) is 4.00. The summed E-state index contributed by atoms with van der Waals surface area (Å²) in [6.45, 7) is 0. The largest absolute Gasteiger partial charge is 0.417 e. The van der Waals surface area contributed by atoms with Gasteiger partial charge in [0.2, 0.25) is 0 Å². The molecule has 0 aliphatic carbocycles. The van der Waals surface area contributed by atoms with Crippen LogP contribution in [-0.2, 0) is 13.2 Å². The Morgan fingerprint density at radius 1 is 1.24 bits per heavy atom. The zero-order chi connectivity index (χ0) is 18.2. The van der Waals surface area contributed by atoms with Crippen LogP contribution in [0.2, 0.25) is 0 Å². The zero-order valence-corrected chi connectivity index (χ0v) is 12.9. The van der Waals surface area contributed by atoms with Crippen LogP contribution in [-0.4, -0.2) is 20.3 Å². The highest BCUT2D eigenvalue weighted by Gasteiger charge is 2.31. The van der Waals surface area contributed by atoms with Gasteiger partial charge in [-0.2, -0.15) is 18.4 Å². The highest BCUT2D eigenvalue weighted by Crippen LogP contribution is 2.29. The number of ketones is 1. The highest BCUT2D eigenvalue weighted by molar-refractivity contribution is 6.04. The molecule has 5 nitrogen and oxygen atoms in total. The fourth-order valence-corrected chi connectivity index (χ4v) is 2.46. The first kappa shape index (κ1) is 16.6. The van der Waals surface area contributed by atoms with Crippen LogP contribution in [0.25, 0.3) is 11.0 Å². The van der Waals surface area contributed by atoms with E-state index in [1.165, 1.54) is 0 Å². The van der Waals surface area contributed by atoms with Gasteiger partial charge in [-0.1, -0.05) is 0 Å². The van der Waals surface area contributed by atoms with Crippen LogP contribution >= 0.6 is 0 Å². The van der Waals surface area contributed by atoms with Crippen LogP contribution in [0, 0.1) is 11.3 Å². The first-order valence-corrected chi connectivity index (χ1v) is 7.19. The number of hydrogen-bond donors (Lipinski definition) is 0. The fraction of sp³-hybridized carbons (Fsp3) is 0.176. The molecule has 3 rings (SSSR count). The van der Waals surface area contributed by atoms with Crippen molar-refractivity contribution in [2.75, 3.05) is 0 Å². The Bertz CT molecular complexity index is 984. The summed E-state index contributed by atoms with van der Waals surface area (Å²) in [5.41, 5.74) is 0.694. The maximum atomic E-state index is 12.6. The summed E-state index contributed by atoms with van der Waals surface area (Å²) in [5.74, 6) is -1.83. The van der Waals surface area contributed by atoms with Crippen LogP contribution in [0.3, 0.4) is 0 Å². The Morgan fingerprint density at radius 3 is 2.60 bits per heavy atom. The van der Waals surface area contributed by atoms with Gasteiger partial charge in [-0.3, -0.25) is 9.78 Å². The minimum atomic E-state index is -4.53. The van der Waals surface area contributed by atoms with Crippen LogP contribution in [0.4, 0.5) is 13.2 Å². The summed E-state index contributed by atoms with van der Waals surface area (Å²) in [4.78, 5) is 20.4. The van der Waals surface area contributed by atoms with Gasteiger partial charge in [0.05, 0.1) is 34.7 Å². The maximum Gasteiger partial charge on any atom is 0.417 e. The van der Waals surface area contributed by atoms with Crippen LogP contribution in [0.15, 0.2) is 42.9 Å². The number of aromatic nitrogens is 3. The van der Waals surface area contributed by atoms with E-state index in [1.54, 1.807) is 36.1 Å². The van der Waals surface area contributed by atoms with Gasteiger partial charge in [0.1, 0.15) is 0 Å². The summed E-state index contributed by atoms with van der Waals surface area (Å²) in [6, 6.07) is 8.47. The normalized spacial score (nSPS) is 12.8. The van der Waals surface area contributed by atoms with E-state index in [-0.39, 0.29) is 11.3 Å². The first-order chi connectivity index (χ1) is 11.8. The Labute approximate surface area is 140 Å². The number of Topliss-reactive ketones (excluding diaryl/α,β-unsaturated/α-hetero) is 1. The number of pyridine rings is 1. The number of aryl methyl sites for hydroxylation is 1. The molecule has 0 spiro atoms. The fourth-order valence-electron chi connectivity index (χ4n) is 2.46. The number of rotatable bonds is 3. The highest BCUT2D eigenvalue weighted by atomic mass is 19.4. The Balaban J connectivity index is 1.94. The maximum absolute atomic E-state index is 12.6. The minimum absolute atomic E-state index is 0.0263. The monoisotopic (exact) mass is 344 g/mol. The van der Waals surface area contributed by atoms with E-state index in [2.05, 4.69) is 9.97 Å². The number of alkyl halides is 3. The smallest absolute Gasteiger partial charge is 0.334 e. The van der Waals surface area contributed by atoms with Crippen LogP contribution in [0.5, 0.6) is 0 Å². The summed E-state index contributed by atoms with van der Waals surface area (Å²) in [5, 5.41) is 9.30. The van der Waals surface area contributed by atoms with Gasteiger partial charge < -0.3 is 4.57 Å². The third-order valence-electron chi connectivity index (χ3n) is 3.81. The van der Waals surface area contributed by atoms with Crippen molar-refractivity contribution in [1.29, 1.82) is 5.26 Å². The number of benzene rings is 1. The molecule has 0 bridgehead atoms. The van der Waals surface area contributed by atoms with Crippen molar-refractivity contribution >= 4 is 16.8 Å². The molecule has 2 heterocycles. The van der Waals surface area contributed by atoms with E-state index in [4.69, 9.17) is 0 Å². The molecule has 1 unspecified atom stereocenters. The molecule has 3 aromatic rings. The quantitative estimate of drug-likeness (QED) is 0.682. The van der Waals surface area contributed by atoms with Crippen molar-refractivity contribution in [1.82, 2.24) is 14.5 Å². The van der Waals surface area contributed by atoms with Crippen molar-refractivity contribution in [3.05, 3.63) is 59.7 Å². The zero-order valence-electron chi connectivity index (χ0n) is 12.9. The lowest BCUT2D eigenvalue weighted by molar-refractivity contribution is -0.137. The van der Waals surface area contributed by atoms with Crippen molar-refractivity contribution < 1.29 is 18.0 Å². The number of halogens is 3. The topological polar surface area (TPSA) is 71.6 Å². The van der Waals surface area contributed by atoms with Gasteiger partial charge >= 0.3 is 6.18 Å². The predicted octanol–water partition coefficient (Wildman–Crippen LogP) is 3.48. The summed E-state index contributed by atoms with van der Waals surface area (Å²) in [6.07, 6.45) is -2.31. The molecule has 0 fully saturated rings. The van der Waals surface area contributed by atoms with E-state index in [0.717, 1.165) is 17.6 Å². The van der Waals surface area contributed by atoms with E-state index in [0.29, 0.717) is 11.7 Å². The summed E-state index contributed by atoms with van der Waals surface area (Å²) < 4.78 is 39.6. The van der Waals surface area contributed by atoms with Gasteiger partial charge in [0.25, 0.3) is 0 Å². The minimum Gasteiger partial charge on any atom is -0.334 e. The number of hydrogen-bond acceptors (Lipinski definition) is 4. The molecule has 1 aromatic carbocycles. The predicted molar refractivity (Wildman–Crippen MR) is 82.6 cm³/mol. The molecule has 126 valence electrons. The molecule has 0 aliphatic heterocycles. The lowest BCUT2D eigenvalue weighted by atomic mass is 9.95. The van der Waals surface area contributed by atoms with Crippen molar-refractivity contribution in [3.8, 4) is 6.07 Å². The third kappa shape index (κ3) is 3.08. The molecular formula is C17H11F3N4O. The van der Waals surface area contributed by atoms with E-state index in [1.807, 2.05) is 6.07 Å². The lowest BCUT2D eigenvalue weighted by Crippen LogP contribution is -2.14. The van der Waals surface area contributed by atoms with Gasteiger partial charge in [0.15, 0.2) is 11.7 Å². The number of nitriles is 1. The summed E-state index contributed by atoms with van der Waals surface area (Å²) in [7, 11) is 1.81. The molecule has 25 heavy (non-hydrogen) atoms. The van der Waals surface area contributed by atoms with Gasteiger partial charge in [-0.05, 0) is 30.3 Å². The molecule has 1 atom stereocenters. The third-order valence-corrected chi connectivity index (χ3v) is 3.81. The standard InChI is InChI=1S/C17H11F3N4O/c1-24-9-23-14-6-10(2-5-15(14)24)16(25)12(7-21)13-4-3-11(8-22-13)17(18,19)20/h2-6,8-9,12H,1H3. The molecule has 2 aromatic heterocycles. The summed E-state index contributed by atoms with van der Waals surface area (Å²) >= 11 is 0. The first-order valence-electron chi connectivity index (χ1n) is 7.19. The van der Waals surface area contributed by atoms with Crippen molar-refractivity contribution in [2.24, 2.45) is 7.05 Å². The Hall–Kier alpha value is -3.21. The van der Waals surface area contributed by atoms with Crippen LogP contribution < -0.4 is 0 Å². The SMILES string of the molecule is Cn1cnc2cc(C(=O)C(C#N)c3ccc(C(F)(F)F)cn3)ccc21. The molecule has 0 saturated heterocycles. The lowest BCUT2D eigenvalue weighted by Gasteiger charge is -2.10. The number of nitrogens with zero attached hydrogens (tertiary/aromatic N) is 4. The van der Waals surface area contributed by atoms with Gasteiger partial charge in [-0.15, -0.1) is 0 Å². The van der Waals surface area contributed by atoms with Gasteiger partial charge in [0, 0.05) is 18.8 Å². The average Bonchev–Trinajstić information content (AvgIpc) is 2.96. The second-order valence-electron chi connectivity index (χ2n) is 5.45. The molecule has 0 saturated carbocycles.